The van der Waals surface area contributed by atoms with Crippen molar-refractivity contribution in [1.82, 2.24) is 10.6 Å². The van der Waals surface area contributed by atoms with Gasteiger partial charge >= 0.3 is 6.09 Å². The molecular weight excluding hydrogens is 132 g/mol. The zero-order chi connectivity index (χ0) is 7.82. The molecule has 0 radical (unpaired) electrons. The highest BCUT2D eigenvalue weighted by atomic mass is 16.5. The maximum Gasteiger partial charge on any atom is 0.407 e. The van der Waals surface area contributed by atoms with Gasteiger partial charge < -0.3 is 15.4 Å². The van der Waals surface area contributed by atoms with E-state index in [0.29, 0.717) is 19.7 Å². The zero-order valence-corrected chi connectivity index (χ0v) is 6.44. The third-order valence-corrected chi connectivity index (χ3v) is 0.906. The number of amides is 1. The Balaban J connectivity index is 3.05. The second kappa shape index (κ2) is 6.35. The molecule has 0 bridgehead atoms. The van der Waals surface area contributed by atoms with E-state index < -0.39 is 0 Å². The summed E-state index contributed by atoms with van der Waals surface area (Å²) in [6, 6.07) is 0. The second-order valence-corrected chi connectivity index (χ2v) is 1.77. The smallest absolute Gasteiger partial charge is 0.407 e. The predicted octanol–water partition coefficient (Wildman–Crippen LogP) is -0.0481. The molecule has 0 aromatic rings. The third-order valence-electron chi connectivity index (χ3n) is 0.906. The predicted molar refractivity (Wildman–Crippen MR) is 39.0 cm³/mol. The molecule has 0 spiro atoms. The molecule has 0 heterocycles. The highest BCUT2D eigenvalue weighted by Gasteiger charge is 1.95. The third kappa shape index (κ3) is 5.37. The first-order valence-corrected chi connectivity index (χ1v) is 3.36. The van der Waals surface area contributed by atoms with Crippen LogP contribution >= 0.6 is 0 Å². The second-order valence-electron chi connectivity index (χ2n) is 1.77. The summed E-state index contributed by atoms with van der Waals surface area (Å²) < 4.78 is 4.71. The van der Waals surface area contributed by atoms with Crippen molar-refractivity contribution >= 4 is 6.09 Å². The maximum atomic E-state index is 10.6. The zero-order valence-electron chi connectivity index (χ0n) is 6.44. The molecule has 0 aliphatic carbocycles. The van der Waals surface area contributed by atoms with Crippen LogP contribution in [0, 0.1) is 0 Å². The minimum absolute atomic E-state index is 0.349. The van der Waals surface area contributed by atoms with E-state index >= 15 is 0 Å². The van der Waals surface area contributed by atoms with Crippen LogP contribution in [-0.2, 0) is 4.74 Å². The summed E-state index contributed by atoms with van der Waals surface area (Å²) in [7, 11) is 1.81. The fraction of sp³-hybridized carbons (Fsp3) is 0.833. The van der Waals surface area contributed by atoms with Crippen molar-refractivity contribution in [1.29, 1.82) is 0 Å². The van der Waals surface area contributed by atoms with Gasteiger partial charge in [-0.25, -0.2) is 4.79 Å². The van der Waals surface area contributed by atoms with Crippen LogP contribution in [0.25, 0.3) is 0 Å². The normalized spacial score (nSPS) is 9.00. The lowest BCUT2D eigenvalue weighted by atomic mass is 10.7. The Morgan fingerprint density at radius 1 is 1.60 bits per heavy atom. The molecule has 0 atom stereocenters. The first kappa shape index (κ1) is 9.23. The van der Waals surface area contributed by atoms with Gasteiger partial charge in [0.1, 0.15) is 6.61 Å². The fourth-order valence-electron chi connectivity index (χ4n) is 0.441. The van der Waals surface area contributed by atoms with E-state index in [1.165, 1.54) is 0 Å². The van der Waals surface area contributed by atoms with E-state index in [4.69, 9.17) is 4.74 Å². The Labute approximate surface area is 60.9 Å². The summed E-state index contributed by atoms with van der Waals surface area (Å²) in [6.45, 7) is 3.57. The van der Waals surface area contributed by atoms with Crippen molar-refractivity contribution in [3.63, 3.8) is 0 Å². The average molecular weight is 146 g/mol. The molecule has 0 unspecified atom stereocenters. The molecule has 0 saturated heterocycles. The molecule has 10 heavy (non-hydrogen) atoms. The molecule has 2 N–H and O–H groups in total. The molecular formula is C6H14N2O2. The van der Waals surface area contributed by atoms with Gasteiger partial charge in [-0.1, -0.05) is 0 Å². The number of nitrogens with one attached hydrogen (secondary N) is 2. The van der Waals surface area contributed by atoms with Gasteiger partial charge in [0.2, 0.25) is 0 Å². The minimum Gasteiger partial charge on any atom is -0.448 e. The number of hydrogen-bond donors (Lipinski definition) is 2. The highest BCUT2D eigenvalue weighted by molar-refractivity contribution is 5.66. The lowest BCUT2D eigenvalue weighted by molar-refractivity contribution is 0.148. The van der Waals surface area contributed by atoms with Gasteiger partial charge in [-0.05, 0) is 14.0 Å². The lowest BCUT2D eigenvalue weighted by Crippen LogP contribution is -2.26. The Hall–Kier alpha value is -0.770. The summed E-state index contributed by atoms with van der Waals surface area (Å²) in [4.78, 5) is 10.6. The average Bonchev–Trinajstić information content (AvgIpc) is 1.89. The molecule has 60 valence electrons. The Morgan fingerprint density at radius 3 is 2.80 bits per heavy atom. The molecule has 0 fully saturated rings. The number of hydrogen-bond acceptors (Lipinski definition) is 3. The number of alkyl carbamates (subject to hydrolysis) is 1. The molecule has 0 saturated carbocycles. The monoisotopic (exact) mass is 146 g/mol. The van der Waals surface area contributed by atoms with Crippen LogP contribution in [0.2, 0.25) is 0 Å². The summed E-state index contributed by atoms with van der Waals surface area (Å²) in [5.41, 5.74) is 0. The molecule has 0 aliphatic rings. The van der Waals surface area contributed by atoms with Crippen LogP contribution in [0.5, 0.6) is 0 Å². The lowest BCUT2D eigenvalue weighted by Gasteiger charge is -2.03. The van der Waals surface area contributed by atoms with Gasteiger partial charge in [0, 0.05) is 13.1 Å². The van der Waals surface area contributed by atoms with Crippen LogP contribution in [-0.4, -0.2) is 32.8 Å². The molecule has 0 aromatic heterocycles. The molecule has 0 aromatic carbocycles. The first-order valence-electron chi connectivity index (χ1n) is 3.36. The van der Waals surface area contributed by atoms with E-state index in [2.05, 4.69) is 10.6 Å². The molecule has 1 amide bonds. The SMILES string of the molecule is CCNC(=O)OCCNC. The van der Waals surface area contributed by atoms with Gasteiger partial charge in [-0.2, -0.15) is 0 Å². The highest BCUT2D eigenvalue weighted by Crippen LogP contribution is 1.74. The van der Waals surface area contributed by atoms with Crippen molar-refractivity contribution in [2.75, 3.05) is 26.7 Å². The maximum absolute atomic E-state index is 10.6. The van der Waals surface area contributed by atoms with E-state index in [1.54, 1.807) is 7.05 Å². The fourth-order valence-corrected chi connectivity index (χ4v) is 0.441. The quantitative estimate of drug-likeness (QED) is 0.547. The summed E-state index contributed by atoms with van der Waals surface area (Å²) >= 11 is 0. The summed E-state index contributed by atoms with van der Waals surface area (Å²) in [5.74, 6) is 0. The Kier molecular flexibility index (Phi) is 5.86. The van der Waals surface area contributed by atoms with Crippen molar-refractivity contribution < 1.29 is 9.53 Å². The van der Waals surface area contributed by atoms with Gasteiger partial charge in [0.15, 0.2) is 0 Å². The van der Waals surface area contributed by atoms with Crippen molar-refractivity contribution in [2.45, 2.75) is 6.92 Å². The van der Waals surface area contributed by atoms with Crippen LogP contribution in [0.3, 0.4) is 0 Å². The number of carbonyl (C=O) groups excluding carboxylic acids is 1. The molecule has 4 heteroatoms. The molecule has 0 rings (SSSR count). The van der Waals surface area contributed by atoms with Crippen molar-refractivity contribution in [3.05, 3.63) is 0 Å². The Bertz CT molecular complexity index is 95.7. The molecule has 0 aliphatic heterocycles. The number of carbonyl (C=O) groups is 1. The van der Waals surface area contributed by atoms with Gasteiger partial charge in [0.25, 0.3) is 0 Å². The minimum atomic E-state index is -0.349. The summed E-state index contributed by atoms with van der Waals surface area (Å²) in [6.07, 6.45) is -0.349. The van der Waals surface area contributed by atoms with Crippen LogP contribution in [0.1, 0.15) is 6.92 Å². The number of ether oxygens (including phenoxy) is 1. The van der Waals surface area contributed by atoms with Gasteiger partial charge in [0.05, 0.1) is 0 Å². The van der Waals surface area contributed by atoms with Gasteiger partial charge in [-0.3, -0.25) is 0 Å². The standard InChI is InChI=1S/C6H14N2O2/c1-3-8-6(9)10-5-4-7-2/h7H,3-5H2,1-2H3,(H,8,9). The van der Waals surface area contributed by atoms with Crippen molar-refractivity contribution in [2.24, 2.45) is 0 Å². The number of rotatable bonds is 4. The number of likely N-dealkylation sites (N-methyl/N-ethyl adjacent to an activating group) is 1. The van der Waals surface area contributed by atoms with Crippen molar-refractivity contribution in [3.8, 4) is 0 Å². The van der Waals surface area contributed by atoms with Crippen LogP contribution < -0.4 is 10.6 Å². The largest absolute Gasteiger partial charge is 0.448 e. The van der Waals surface area contributed by atoms with Gasteiger partial charge in [-0.15, -0.1) is 0 Å². The first-order chi connectivity index (χ1) is 4.81. The topological polar surface area (TPSA) is 50.4 Å². The van der Waals surface area contributed by atoms with Crippen LogP contribution in [0.15, 0.2) is 0 Å². The van der Waals surface area contributed by atoms with E-state index in [1.807, 2.05) is 6.92 Å². The van der Waals surface area contributed by atoms with E-state index in [-0.39, 0.29) is 6.09 Å². The molecule has 4 nitrogen and oxygen atoms in total. The van der Waals surface area contributed by atoms with Crippen LogP contribution in [0.4, 0.5) is 4.79 Å². The van der Waals surface area contributed by atoms with E-state index in [0.717, 1.165) is 0 Å². The summed E-state index contributed by atoms with van der Waals surface area (Å²) in [5, 5.41) is 5.38. The van der Waals surface area contributed by atoms with E-state index in [9.17, 15) is 4.79 Å². The Morgan fingerprint density at radius 2 is 2.30 bits per heavy atom.